The summed E-state index contributed by atoms with van der Waals surface area (Å²) < 4.78 is 5.74. The van der Waals surface area contributed by atoms with E-state index in [0.717, 1.165) is 19.1 Å². The molecule has 1 aliphatic rings. The largest absolute Gasteiger partial charge is 0.370 e. The van der Waals surface area contributed by atoms with Crippen molar-refractivity contribution >= 4 is 6.29 Å². The fourth-order valence-corrected chi connectivity index (χ4v) is 2.92. The first-order valence-electron chi connectivity index (χ1n) is 8.97. The molecule has 20 heavy (non-hydrogen) atoms. The lowest BCUT2D eigenvalue weighted by atomic mass is 10.0. The van der Waals surface area contributed by atoms with Crippen LogP contribution in [0.3, 0.4) is 0 Å². The number of aldehydes is 1. The van der Waals surface area contributed by atoms with Crippen LogP contribution in [0.15, 0.2) is 0 Å². The van der Waals surface area contributed by atoms with E-state index in [1.165, 1.54) is 77.0 Å². The van der Waals surface area contributed by atoms with Gasteiger partial charge >= 0.3 is 0 Å². The molecule has 118 valence electrons. The van der Waals surface area contributed by atoms with Gasteiger partial charge in [-0.15, -0.1) is 0 Å². The molecule has 0 spiro atoms. The SMILES string of the molecule is CCCCCCCCC1OC1CCCCCCCC=O. The average Bonchev–Trinajstić information content (AvgIpc) is 3.20. The topological polar surface area (TPSA) is 29.6 Å². The Hall–Kier alpha value is -0.370. The Balaban J connectivity index is 1.76. The molecule has 1 fully saturated rings. The second-order valence-corrected chi connectivity index (χ2v) is 6.28. The van der Waals surface area contributed by atoms with E-state index in [1.807, 2.05) is 0 Å². The van der Waals surface area contributed by atoms with Gasteiger partial charge in [-0.3, -0.25) is 0 Å². The van der Waals surface area contributed by atoms with Crippen molar-refractivity contribution in [2.75, 3.05) is 0 Å². The van der Waals surface area contributed by atoms with Crippen LogP contribution in [-0.2, 0) is 9.53 Å². The van der Waals surface area contributed by atoms with E-state index in [0.29, 0.717) is 12.2 Å². The highest BCUT2D eigenvalue weighted by molar-refractivity contribution is 5.48. The molecule has 1 rings (SSSR count). The van der Waals surface area contributed by atoms with Crippen LogP contribution >= 0.6 is 0 Å². The molecule has 1 aliphatic heterocycles. The minimum Gasteiger partial charge on any atom is -0.370 e. The number of unbranched alkanes of at least 4 members (excludes halogenated alkanes) is 10. The minimum atomic E-state index is 0.584. The number of carbonyl (C=O) groups excluding carboxylic acids is 1. The number of rotatable bonds is 15. The molecule has 2 heteroatoms. The van der Waals surface area contributed by atoms with Crippen LogP contribution in [-0.4, -0.2) is 18.5 Å². The number of ether oxygens (including phenoxy) is 1. The van der Waals surface area contributed by atoms with Crippen molar-refractivity contribution in [2.45, 2.75) is 109 Å². The summed E-state index contributed by atoms with van der Waals surface area (Å²) in [6.45, 7) is 2.27. The standard InChI is InChI=1S/C18H34O2/c1-2-3-4-5-8-11-14-17-18(20-17)15-12-9-6-7-10-13-16-19/h16-18H,2-15H2,1H3. The third-order valence-corrected chi connectivity index (χ3v) is 4.34. The summed E-state index contributed by atoms with van der Waals surface area (Å²) in [6, 6.07) is 0. The first-order chi connectivity index (χ1) is 9.88. The number of epoxide rings is 1. The van der Waals surface area contributed by atoms with Gasteiger partial charge in [0.2, 0.25) is 0 Å². The maximum absolute atomic E-state index is 10.2. The van der Waals surface area contributed by atoms with Gasteiger partial charge in [-0.05, 0) is 19.3 Å². The van der Waals surface area contributed by atoms with Gasteiger partial charge in [-0.1, -0.05) is 71.1 Å². The lowest BCUT2D eigenvalue weighted by Crippen LogP contribution is -1.94. The molecule has 0 aromatic heterocycles. The summed E-state index contributed by atoms with van der Waals surface area (Å²) in [5.74, 6) is 0. The molecule has 0 aliphatic carbocycles. The van der Waals surface area contributed by atoms with E-state index in [2.05, 4.69) is 6.92 Å². The van der Waals surface area contributed by atoms with Crippen LogP contribution in [0.1, 0.15) is 96.8 Å². The Morgan fingerprint density at radius 1 is 0.750 bits per heavy atom. The third-order valence-electron chi connectivity index (χ3n) is 4.34. The van der Waals surface area contributed by atoms with Crippen LogP contribution in [0.5, 0.6) is 0 Å². The normalized spacial score (nSPS) is 21.1. The monoisotopic (exact) mass is 282 g/mol. The molecule has 0 amide bonds. The lowest BCUT2D eigenvalue weighted by Gasteiger charge is -2.00. The van der Waals surface area contributed by atoms with Crippen molar-refractivity contribution in [3.05, 3.63) is 0 Å². The molecule has 1 heterocycles. The predicted octanol–water partition coefficient (Wildman–Crippen LogP) is 5.43. The van der Waals surface area contributed by atoms with Crippen molar-refractivity contribution in [1.29, 1.82) is 0 Å². The molecule has 0 N–H and O–H groups in total. The van der Waals surface area contributed by atoms with Gasteiger partial charge in [-0.2, -0.15) is 0 Å². The molecular weight excluding hydrogens is 248 g/mol. The van der Waals surface area contributed by atoms with E-state index in [9.17, 15) is 4.79 Å². The summed E-state index contributed by atoms with van der Waals surface area (Å²) in [7, 11) is 0. The zero-order valence-corrected chi connectivity index (χ0v) is 13.4. The molecule has 0 aromatic rings. The minimum absolute atomic E-state index is 0.584. The summed E-state index contributed by atoms with van der Waals surface area (Å²) in [6.07, 6.45) is 20.0. The summed E-state index contributed by atoms with van der Waals surface area (Å²) in [4.78, 5) is 10.2. The fraction of sp³-hybridized carbons (Fsp3) is 0.944. The van der Waals surface area contributed by atoms with Crippen molar-refractivity contribution in [1.82, 2.24) is 0 Å². The number of hydrogen-bond donors (Lipinski definition) is 0. The van der Waals surface area contributed by atoms with Crippen molar-refractivity contribution in [3.63, 3.8) is 0 Å². The second-order valence-electron chi connectivity index (χ2n) is 6.28. The van der Waals surface area contributed by atoms with E-state index >= 15 is 0 Å². The molecular formula is C18H34O2. The highest BCUT2D eigenvalue weighted by Gasteiger charge is 2.36. The molecule has 2 atom stereocenters. The first kappa shape index (κ1) is 17.7. The molecule has 2 unspecified atom stereocenters. The van der Waals surface area contributed by atoms with Crippen molar-refractivity contribution in [3.8, 4) is 0 Å². The maximum atomic E-state index is 10.2. The van der Waals surface area contributed by atoms with Crippen LogP contribution < -0.4 is 0 Å². The maximum Gasteiger partial charge on any atom is 0.119 e. The van der Waals surface area contributed by atoms with E-state index in [1.54, 1.807) is 0 Å². The molecule has 0 aromatic carbocycles. The van der Waals surface area contributed by atoms with E-state index in [-0.39, 0.29) is 0 Å². The average molecular weight is 282 g/mol. The van der Waals surface area contributed by atoms with Crippen molar-refractivity contribution < 1.29 is 9.53 Å². The highest BCUT2D eigenvalue weighted by Crippen LogP contribution is 2.31. The Kier molecular flexibility index (Phi) is 10.9. The van der Waals surface area contributed by atoms with Crippen LogP contribution in [0.25, 0.3) is 0 Å². The lowest BCUT2D eigenvalue weighted by molar-refractivity contribution is -0.107. The van der Waals surface area contributed by atoms with Gasteiger partial charge in [0.25, 0.3) is 0 Å². The Bertz CT molecular complexity index is 227. The Labute approximate surface area is 125 Å². The van der Waals surface area contributed by atoms with Crippen molar-refractivity contribution in [2.24, 2.45) is 0 Å². The quantitative estimate of drug-likeness (QED) is 0.227. The van der Waals surface area contributed by atoms with E-state index in [4.69, 9.17) is 4.74 Å². The van der Waals surface area contributed by atoms with Gasteiger partial charge in [0.1, 0.15) is 6.29 Å². The summed E-state index contributed by atoms with van der Waals surface area (Å²) >= 11 is 0. The van der Waals surface area contributed by atoms with Gasteiger partial charge in [-0.25, -0.2) is 0 Å². The van der Waals surface area contributed by atoms with Crippen LogP contribution in [0, 0.1) is 0 Å². The van der Waals surface area contributed by atoms with Gasteiger partial charge in [0.15, 0.2) is 0 Å². The summed E-state index contributed by atoms with van der Waals surface area (Å²) in [5.41, 5.74) is 0. The zero-order chi connectivity index (χ0) is 14.5. The van der Waals surface area contributed by atoms with E-state index < -0.39 is 0 Å². The Morgan fingerprint density at radius 3 is 1.80 bits per heavy atom. The summed E-state index contributed by atoms with van der Waals surface area (Å²) in [5, 5.41) is 0. The van der Waals surface area contributed by atoms with Gasteiger partial charge in [0.05, 0.1) is 12.2 Å². The zero-order valence-electron chi connectivity index (χ0n) is 13.4. The molecule has 0 bridgehead atoms. The highest BCUT2D eigenvalue weighted by atomic mass is 16.6. The number of hydrogen-bond acceptors (Lipinski definition) is 2. The number of carbonyl (C=O) groups is 1. The smallest absolute Gasteiger partial charge is 0.119 e. The molecule has 0 radical (unpaired) electrons. The molecule has 2 nitrogen and oxygen atoms in total. The predicted molar refractivity (Wildman–Crippen MR) is 85.0 cm³/mol. The Morgan fingerprint density at radius 2 is 1.25 bits per heavy atom. The third kappa shape index (κ3) is 9.52. The fourth-order valence-electron chi connectivity index (χ4n) is 2.92. The van der Waals surface area contributed by atoms with Crippen LogP contribution in [0.4, 0.5) is 0 Å². The van der Waals surface area contributed by atoms with Gasteiger partial charge in [0, 0.05) is 6.42 Å². The molecule has 0 saturated carbocycles. The molecule has 1 saturated heterocycles. The van der Waals surface area contributed by atoms with Crippen LogP contribution in [0.2, 0.25) is 0 Å². The second kappa shape index (κ2) is 12.4. The first-order valence-corrected chi connectivity index (χ1v) is 8.97. The van der Waals surface area contributed by atoms with Gasteiger partial charge < -0.3 is 9.53 Å².